The molecule has 0 saturated carbocycles. The second-order valence-electron chi connectivity index (χ2n) is 6.58. The van der Waals surface area contributed by atoms with Gasteiger partial charge in [0.1, 0.15) is 11.6 Å². The number of amides is 1. The molecule has 0 bridgehead atoms. The number of halogens is 2. The third-order valence-corrected chi connectivity index (χ3v) is 4.66. The van der Waals surface area contributed by atoms with Gasteiger partial charge in [0, 0.05) is 17.7 Å². The lowest BCUT2D eigenvalue weighted by Crippen LogP contribution is -2.38. The Morgan fingerprint density at radius 2 is 2.00 bits per heavy atom. The van der Waals surface area contributed by atoms with Gasteiger partial charge in [0.15, 0.2) is 0 Å². The first-order valence-corrected chi connectivity index (χ1v) is 8.59. The smallest absolute Gasteiger partial charge is 0.251 e. The number of nitrogens with one attached hydrogen (secondary N) is 2. The highest BCUT2D eigenvalue weighted by molar-refractivity contribution is 5.94. The van der Waals surface area contributed by atoms with Crippen LogP contribution in [-0.2, 0) is 0 Å². The van der Waals surface area contributed by atoms with Gasteiger partial charge >= 0.3 is 0 Å². The molecule has 1 heterocycles. The molecule has 0 radical (unpaired) electrons. The molecular formula is C20H22F2N2O. The van der Waals surface area contributed by atoms with Crippen LogP contribution in [0, 0.1) is 24.5 Å². The molecule has 5 heteroatoms. The highest BCUT2D eigenvalue weighted by Gasteiger charge is 2.16. The van der Waals surface area contributed by atoms with Crippen molar-refractivity contribution >= 4 is 5.91 Å². The monoisotopic (exact) mass is 344 g/mol. The molecule has 0 aliphatic carbocycles. The summed E-state index contributed by atoms with van der Waals surface area (Å²) < 4.78 is 27.7. The number of aryl methyl sites for hydroxylation is 1. The maximum atomic E-state index is 14.5. The van der Waals surface area contributed by atoms with E-state index in [9.17, 15) is 13.6 Å². The number of piperidine rings is 1. The summed E-state index contributed by atoms with van der Waals surface area (Å²) in [6.07, 6.45) is 2.20. The van der Waals surface area contributed by atoms with Crippen LogP contribution >= 0.6 is 0 Å². The summed E-state index contributed by atoms with van der Waals surface area (Å²) in [7, 11) is 0. The lowest BCUT2D eigenvalue weighted by Gasteiger charge is -2.22. The molecule has 1 atom stereocenters. The Balaban J connectivity index is 1.71. The normalized spacial score (nSPS) is 17.3. The first-order valence-electron chi connectivity index (χ1n) is 8.59. The van der Waals surface area contributed by atoms with Crippen molar-refractivity contribution in [1.29, 1.82) is 0 Å². The van der Waals surface area contributed by atoms with Crippen molar-refractivity contribution in [2.45, 2.75) is 19.8 Å². The first-order chi connectivity index (χ1) is 12.0. The number of carbonyl (C=O) groups excluding carboxylic acids is 1. The fourth-order valence-electron chi connectivity index (χ4n) is 3.24. The van der Waals surface area contributed by atoms with E-state index in [-0.39, 0.29) is 11.7 Å². The summed E-state index contributed by atoms with van der Waals surface area (Å²) in [5.74, 6) is -0.688. The van der Waals surface area contributed by atoms with E-state index in [2.05, 4.69) is 10.6 Å². The predicted octanol–water partition coefficient (Wildman–Crippen LogP) is 3.67. The maximum absolute atomic E-state index is 14.5. The van der Waals surface area contributed by atoms with Gasteiger partial charge in [-0.1, -0.05) is 12.1 Å². The van der Waals surface area contributed by atoms with Gasteiger partial charge in [-0.15, -0.1) is 0 Å². The minimum Gasteiger partial charge on any atom is -0.352 e. The number of hydrogen-bond acceptors (Lipinski definition) is 2. The van der Waals surface area contributed by atoms with E-state index in [4.69, 9.17) is 0 Å². The van der Waals surface area contributed by atoms with Gasteiger partial charge in [-0.3, -0.25) is 4.79 Å². The molecule has 1 saturated heterocycles. The van der Waals surface area contributed by atoms with Crippen LogP contribution in [-0.4, -0.2) is 25.5 Å². The summed E-state index contributed by atoms with van der Waals surface area (Å²) in [5, 5.41) is 6.18. The van der Waals surface area contributed by atoms with Crippen LogP contribution in [0.15, 0.2) is 36.4 Å². The second kappa shape index (κ2) is 7.74. The molecule has 0 spiro atoms. The Labute approximate surface area is 146 Å². The lowest BCUT2D eigenvalue weighted by molar-refractivity contribution is 0.0944. The predicted molar refractivity (Wildman–Crippen MR) is 94.5 cm³/mol. The van der Waals surface area contributed by atoms with E-state index >= 15 is 0 Å². The van der Waals surface area contributed by atoms with Gasteiger partial charge in [-0.25, -0.2) is 8.78 Å². The Bertz CT molecular complexity index is 770. The highest BCUT2D eigenvalue weighted by Crippen LogP contribution is 2.27. The van der Waals surface area contributed by atoms with Crippen LogP contribution in [0.25, 0.3) is 11.1 Å². The minimum absolute atomic E-state index is 0.271. The van der Waals surface area contributed by atoms with Crippen LogP contribution in [0.2, 0.25) is 0 Å². The molecule has 3 rings (SSSR count). The van der Waals surface area contributed by atoms with Crippen molar-refractivity contribution in [3.05, 3.63) is 59.2 Å². The zero-order valence-electron chi connectivity index (χ0n) is 14.2. The van der Waals surface area contributed by atoms with Crippen LogP contribution in [0.3, 0.4) is 0 Å². The third kappa shape index (κ3) is 4.23. The molecule has 2 aromatic carbocycles. The van der Waals surface area contributed by atoms with Crippen LogP contribution in [0.5, 0.6) is 0 Å². The molecule has 3 nitrogen and oxygen atoms in total. The van der Waals surface area contributed by atoms with Gasteiger partial charge in [0.25, 0.3) is 5.91 Å². The topological polar surface area (TPSA) is 41.1 Å². The van der Waals surface area contributed by atoms with E-state index in [1.807, 2.05) is 0 Å². The highest BCUT2D eigenvalue weighted by atomic mass is 19.1. The standard InChI is InChI=1S/C20H22F2N2O/c1-13-9-16(21)5-7-17(13)18-6-4-15(10-19(18)22)20(25)24-12-14-3-2-8-23-11-14/h4-7,9-10,14,23H,2-3,8,11-12H2,1H3,(H,24,25). The Morgan fingerprint density at radius 1 is 1.20 bits per heavy atom. The van der Waals surface area contributed by atoms with E-state index < -0.39 is 5.82 Å². The van der Waals surface area contributed by atoms with Gasteiger partial charge in [-0.2, -0.15) is 0 Å². The van der Waals surface area contributed by atoms with Crippen molar-refractivity contribution in [2.24, 2.45) is 5.92 Å². The Kier molecular flexibility index (Phi) is 5.43. The molecule has 25 heavy (non-hydrogen) atoms. The van der Waals surface area contributed by atoms with Crippen LogP contribution in [0.4, 0.5) is 8.78 Å². The van der Waals surface area contributed by atoms with Gasteiger partial charge in [0.2, 0.25) is 0 Å². The summed E-state index contributed by atoms with van der Waals surface area (Å²) in [5.41, 5.74) is 1.94. The van der Waals surface area contributed by atoms with E-state index in [0.717, 1.165) is 25.9 Å². The molecule has 1 unspecified atom stereocenters. The zero-order valence-corrected chi connectivity index (χ0v) is 14.2. The average Bonchev–Trinajstić information content (AvgIpc) is 2.61. The molecule has 1 fully saturated rings. The lowest BCUT2D eigenvalue weighted by atomic mass is 9.98. The quantitative estimate of drug-likeness (QED) is 0.889. The van der Waals surface area contributed by atoms with Gasteiger partial charge in [0.05, 0.1) is 0 Å². The summed E-state index contributed by atoms with van der Waals surface area (Å²) >= 11 is 0. The van der Waals surface area contributed by atoms with E-state index in [0.29, 0.717) is 34.7 Å². The first kappa shape index (κ1) is 17.5. The fraction of sp³-hybridized carbons (Fsp3) is 0.350. The van der Waals surface area contributed by atoms with Crippen LogP contribution < -0.4 is 10.6 Å². The SMILES string of the molecule is Cc1cc(F)ccc1-c1ccc(C(=O)NCC2CCCNC2)cc1F. The molecular weight excluding hydrogens is 322 g/mol. The van der Waals surface area contributed by atoms with Crippen molar-refractivity contribution in [3.8, 4) is 11.1 Å². The summed E-state index contributed by atoms with van der Waals surface area (Å²) in [4.78, 5) is 12.3. The number of benzene rings is 2. The minimum atomic E-state index is -0.485. The Morgan fingerprint density at radius 3 is 2.68 bits per heavy atom. The zero-order chi connectivity index (χ0) is 17.8. The van der Waals surface area contributed by atoms with Crippen molar-refractivity contribution < 1.29 is 13.6 Å². The van der Waals surface area contributed by atoms with E-state index in [1.54, 1.807) is 25.1 Å². The molecule has 2 aromatic rings. The number of hydrogen-bond donors (Lipinski definition) is 2. The molecule has 132 valence electrons. The van der Waals surface area contributed by atoms with Crippen molar-refractivity contribution in [3.63, 3.8) is 0 Å². The number of carbonyl (C=O) groups is 1. The maximum Gasteiger partial charge on any atom is 0.251 e. The van der Waals surface area contributed by atoms with E-state index in [1.165, 1.54) is 18.2 Å². The van der Waals surface area contributed by atoms with Gasteiger partial charge in [-0.05, 0) is 74.2 Å². The average molecular weight is 344 g/mol. The molecule has 0 aromatic heterocycles. The second-order valence-corrected chi connectivity index (χ2v) is 6.58. The third-order valence-electron chi connectivity index (χ3n) is 4.66. The molecule has 2 N–H and O–H groups in total. The van der Waals surface area contributed by atoms with Crippen molar-refractivity contribution in [1.82, 2.24) is 10.6 Å². The summed E-state index contributed by atoms with van der Waals surface area (Å²) in [6, 6.07) is 8.65. The largest absolute Gasteiger partial charge is 0.352 e. The molecule has 1 amide bonds. The van der Waals surface area contributed by atoms with Gasteiger partial charge < -0.3 is 10.6 Å². The molecule has 1 aliphatic heterocycles. The van der Waals surface area contributed by atoms with Crippen LogP contribution in [0.1, 0.15) is 28.8 Å². The Hall–Kier alpha value is -2.27. The molecule has 1 aliphatic rings. The van der Waals surface area contributed by atoms with Crippen molar-refractivity contribution in [2.75, 3.05) is 19.6 Å². The fourth-order valence-corrected chi connectivity index (χ4v) is 3.24. The summed E-state index contributed by atoms with van der Waals surface area (Å²) in [6.45, 7) is 4.25. The number of rotatable bonds is 4.